The second-order valence-electron chi connectivity index (χ2n) is 7.19. The number of rotatable bonds is 6. The Morgan fingerprint density at radius 1 is 0.968 bits per heavy atom. The standard InChI is InChI=1S/C23H22N4O3S/c24-16-19-6-2-4-10-23(19)31(28,29)27-14-12-26(13-15-27)18-20-7-1-3-9-22(20)30-21-8-5-11-25-17-21/h1-11,17H,12-15,18H2. The fourth-order valence-electron chi connectivity index (χ4n) is 3.56. The second-order valence-corrected chi connectivity index (χ2v) is 9.09. The maximum atomic E-state index is 13.0. The average Bonchev–Trinajstić information content (AvgIpc) is 2.81. The van der Waals surface area contributed by atoms with Crippen LogP contribution in [0.5, 0.6) is 11.5 Å². The number of hydrogen-bond acceptors (Lipinski definition) is 6. The van der Waals surface area contributed by atoms with Crippen molar-refractivity contribution in [1.82, 2.24) is 14.2 Å². The monoisotopic (exact) mass is 434 g/mol. The lowest BCUT2D eigenvalue weighted by atomic mass is 10.1. The van der Waals surface area contributed by atoms with Crippen molar-refractivity contribution in [2.45, 2.75) is 11.4 Å². The van der Waals surface area contributed by atoms with Crippen LogP contribution in [0.3, 0.4) is 0 Å². The summed E-state index contributed by atoms with van der Waals surface area (Å²) in [5.74, 6) is 1.43. The minimum atomic E-state index is -3.70. The van der Waals surface area contributed by atoms with Gasteiger partial charge in [-0.05, 0) is 30.3 Å². The van der Waals surface area contributed by atoms with Gasteiger partial charge in [-0.25, -0.2) is 8.42 Å². The largest absolute Gasteiger partial charge is 0.455 e. The van der Waals surface area contributed by atoms with E-state index in [1.165, 1.54) is 16.4 Å². The van der Waals surface area contributed by atoms with Crippen LogP contribution < -0.4 is 4.74 Å². The van der Waals surface area contributed by atoms with E-state index in [9.17, 15) is 13.7 Å². The lowest BCUT2D eigenvalue weighted by Crippen LogP contribution is -2.48. The first-order valence-corrected chi connectivity index (χ1v) is 11.4. The van der Waals surface area contributed by atoms with E-state index < -0.39 is 10.0 Å². The number of piperazine rings is 1. The molecule has 0 unspecified atom stereocenters. The maximum Gasteiger partial charge on any atom is 0.244 e. The molecular formula is C23H22N4O3S. The Kier molecular flexibility index (Phi) is 6.28. The van der Waals surface area contributed by atoms with Crippen LogP contribution in [0.25, 0.3) is 0 Å². The third kappa shape index (κ3) is 4.75. The zero-order chi connectivity index (χ0) is 21.7. The van der Waals surface area contributed by atoms with E-state index in [0.29, 0.717) is 38.5 Å². The Morgan fingerprint density at radius 2 is 1.71 bits per heavy atom. The van der Waals surface area contributed by atoms with E-state index in [1.807, 2.05) is 42.5 Å². The first-order chi connectivity index (χ1) is 15.1. The minimum Gasteiger partial charge on any atom is -0.455 e. The quantitative estimate of drug-likeness (QED) is 0.592. The van der Waals surface area contributed by atoms with E-state index in [-0.39, 0.29) is 10.5 Å². The van der Waals surface area contributed by atoms with Gasteiger partial charge in [-0.2, -0.15) is 9.57 Å². The van der Waals surface area contributed by atoms with Crippen molar-refractivity contribution in [1.29, 1.82) is 5.26 Å². The molecule has 0 bridgehead atoms. The highest BCUT2D eigenvalue weighted by Crippen LogP contribution is 2.27. The summed E-state index contributed by atoms with van der Waals surface area (Å²) < 4.78 is 33.5. The van der Waals surface area contributed by atoms with Crippen molar-refractivity contribution in [3.05, 3.63) is 84.2 Å². The Morgan fingerprint density at radius 3 is 2.45 bits per heavy atom. The number of pyridine rings is 1. The highest BCUT2D eigenvalue weighted by molar-refractivity contribution is 7.89. The van der Waals surface area contributed by atoms with Crippen molar-refractivity contribution >= 4 is 10.0 Å². The zero-order valence-corrected chi connectivity index (χ0v) is 17.7. The van der Waals surface area contributed by atoms with E-state index in [1.54, 1.807) is 24.5 Å². The van der Waals surface area contributed by atoms with Crippen LogP contribution in [-0.4, -0.2) is 48.8 Å². The van der Waals surface area contributed by atoms with Gasteiger partial charge in [-0.15, -0.1) is 0 Å². The van der Waals surface area contributed by atoms with Crippen molar-refractivity contribution in [3.63, 3.8) is 0 Å². The van der Waals surface area contributed by atoms with Gasteiger partial charge in [0.1, 0.15) is 17.6 Å². The number of ether oxygens (including phenoxy) is 1. The molecule has 8 heteroatoms. The highest BCUT2D eigenvalue weighted by Gasteiger charge is 2.30. The summed E-state index contributed by atoms with van der Waals surface area (Å²) in [6, 6.07) is 19.8. The molecule has 0 atom stereocenters. The fourth-order valence-corrected chi connectivity index (χ4v) is 5.12. The van der Waals surface area contributed by atoms with Crippen LogP contribution in [0.1, 0.15) is 11.1 Å². The van der Waals surface area contributed by atoms with E-state index in [2.05, 4.69) is 9.88 Å². The fraction of sp³-hybridized carbons (Fsp3) is 0.217. The van der Waals surface area contributed by atoms with Gasteiger partial charge in [-0.3, -0.25) is 9.88 Å². The predicted octanol–water partition coefficient (Wildman–Crippen LogP) is 3.25. The molecule has 2 heterocycles. The van der Waals surface area contributed by atoms with E-state index in [0.717, 1.165) is 11.3 Å². The molecular weight excluding hydrogens is 412 g/mol. The second kappa shape index (κ2) is 9.27. The summed E-state index contributed by atoms with van der Waals surface area (Å²) in [6.07, 6.45) is 3.36. The highest BCUT2D eigenvalue weighted by atomic mass is 32.2. The summed E-state index contributed by atoms with van der Waals surface area (Å²) in [4.78, 5) is 6.35. The molecule has 0 aliphatic carbocycles. The molecule has 0 amide bonds. The third-order valence-electron chi connectivity index (χ3n) is 5.19. The van der Waals surface area contributed by atoms with Crippen LogP contribution >= 0.6 is 0 Å². The molecule has 0 N–H and O–H groups in total. The topological polar surface area (TPSA) is 86.5 Å². The number of para-hydroxylation sites is 1. The van der Waals surface area contributed by atoms with Gasteiger partial charge in [0.15, 0.2) is 0 Å². The molecule has 3 aromatic rings. The van der Waals surface area contributed by atoms with Gasteiger partial charge < -0.3 is 4.74 Å². The normalized spacial score (nSPS) is 15.3. The van der Waals surface area contributed by atoms with Crippen molar-refractivity contribution in [2.24, 2.45) is 0 Å². The summed E-state index contributed by atoms with van der Waals surface area (Å²) in [5, 5.41) is 9.26. The number of sulfonamides is 1. The van der Waals surface area contributed by atoms with Gasteiger partial charge in [-0.1, -0.05) is 30.3 Å². The lowest BCUT2D eigenvalue weighted by molar-refractivity contribution is 0.180. The lowest BCUT2D eigenvalue weighted by Gasteiger charge is -2.34. The summed E-state index contributed by atoms with van der Waals surface area (Å²) in [6.45, 7) is 2.57. The van der Waals surface area contributed by atoms with Crippen LogP contribution in [0, 0.1) is 11.3 Å². The molecule has 1 fully saturated rings. The number of benzene rings is 2. The average molecular weight is 435 g/mol. The Labute approximate surface area is 182 Å². The smallest absolute Gasteiger partial charge is 0.244 e. The van der Waals surface area contributed by atoms with Crippen LogP contribution in [0.15, 0.2) is 78.0 Å². The molecule has 1 aromatic heterocycles. The molecule has 1 aliphatic heterocycles. The first kappa shape index (κ1) is 21.0. The van der Waals surface area contributed by atoms with E-state index >= 15 is 0 Å². The van der Waals surface area contributed by atoms with Gasteiger partial charge in [0.25, 0.3) is 0 Å². The molecule has 0 spiro atoms. The molecule has 1 aliphatic rings. The molecule has 0 saturated carbocycles. The number of nitriles is 1. The van der Waals surface area contributed by atoms with Crippen LogP contribution in [0.4, 0.5) is 0 Å². The van der Waals surface area contributed by atoms with Crippen molar-refractivity contribution in [3.8, 4) is 17.6 Å². The zero-order valence-electron chi connectivity index (χ0n) is 16.9. The van der Waals surface area contributed by atoms with Gasteiger partial charge in [0.2, 0.25) is 10.0 Å². The van der Waals surface area contributed by atoms with Crippen LogP contribution in [-0.2, 0) is 16.6 Å². The SMILES string of the molecule is N#Cc1ccccc1S(=O)(=O)N1CCN(Cc2ccccc2Oc2cccnc2)CC1. The van der Waals surface area contributed by atoms with Gasteiger partial charge in [0, 0.05) is 44.5 Å². The van der Waals surface area contributed by atoms with Crippen molar-refractivity contribution in [2.75, 3.05) is 26.2 Å². The molecule has 1 saturated heterocycles. The third-order valence-corrected chi connectivity index (χ3v) is 7.14. The number of aromatic nitrogens is 1. The first-order valence-electron chi connectivity index (χ1n) is 9.95. The molecule has 4 rings (SSSR count). The van der Waals surface area contributed by atoms with Crippen LogP contribution in [0.2, 0.25) is 0 Å². The summed E-state index contributed by atoms with van der Waals surface area (Å²) >= 11 is 0. The molecule has 31 heavy (non-hydrogen) atoms. The molecule has 0 radical (unpaired) electrons. The van der Waals surface area contributed by atoms with Gasteiger partial charge >= 0.3 is 0 Å². The number of hydrogen-bond donors (Lipinski definition) is 0. The maximum absolute atomic E-state index is 13.0. The summed E-state index contributed by atoms with van der Waals surface area (Å²) in [7, 11) is -3.70. The molecule has 158 valence electrons. The Bertz CT molecular complexity index is 1180. The predicted molar refractivity (Wildman–Crippen MR) is 116 cm³/mol. The molecule has 2 aromatic carbocycles. The number of nitrogens with zero attached hydrogens (tertiary/aromatic N) is 4. The van der Waals surface area contributed by atoms with E-state index in [4.69, 9.17) is 4.74 Å². The molecule has 7 nitrogen and oxygen atoms in total. The minimum absolute atomic E-state index is 0.0705. The Hall–Kier alpha value is -3.25. The van der Waals surface area contributed by atoms with Gasteiger partial charge in [0.05, 0.1) is 16.7 Å². The van der Waals surface area contributed by atoms with Crippen molar-refractivity contribution < 1.29 is 13.2 Å². The summed E-state index contributed by atoms with van der Waals surface area (Å²) in [5.41, 5.74) is 1.20. The Balaban J connectivity index is 1.43.